The summed E-state index contributed by atoms with van der Waals surface area (Å²) in [5.41, 5.74) is 7.10. The van der Waals surface area contributed by atoms with Gasteiger partial charge in [-0.25, -0.2) is 4.39 Å². The molecule has 2 N–H and O–H groups in total. The average Bonchev–Trinajstić information content (AvgIpc) is 2.69. The molecule has 3 rings (SSSR count). The number of fused-ring (bicyclic) bond motifs is 1. The van der Waals surface area contributed by atoms with Crippen LogP contribution in [0.3, 0.4) is 0 Å². The Morgan fingerprint density at radius 1 is 1.05 bits per heavy atom. The third kappa shape index (κ3) is 2.60. The Hall–Kier alpha value is -2.07. The van der Waals surface area contributed by atoms with Gasteiger partial charge in [-0.15, -0.1) is 0 Å². The van der Waals surface area contributed by atoms with Crippen LogP contribution in [-0.2, 0) is 0 Å². The van der Waals surface area contributed by atoms with Gasteiger partial charge >= 0.3 is 0 Å². The van der Waals surface area contributed by atoms with Gasteiger partial charge in [0, 0.05) is 6.42 Å². The van der Waals surface area contributed by atoms with Crippen LogP contribution >= 0.6 is 0 Å². The molecular weight excluding hydrogens is 257 g/mol. The highest BCUT2D eigenvalue weighted by Gasteiger charge is 2.25. The van der Waals surface area contributed by atoms with Crippen LogP contribution in [0.4, 0.5) is 4.39 Å². The van der Waals surface area contributed by atoms with E-state index in [9.17, 15) is 4.39 Å². The van der Waals surface area contributed by atoms with E-state index in [1.165, 1.54) is 12.1 Å². The van der Waals surface area contributed by atoms with Crippen molar-refractivity contribution in [3.63, 3.8) is 0 Å². The summed E-state index contributed by atoms with van der Waals surface area (Å²) >= 11 is 0. The molecule has 0 aliphatic carbocycles. The Kier molecular flexibility index (Phi) is 3.56. The molecule has 0 bridgehead atoms. The molecule has 0 saturated carbocycles. The number of hydrogen-bond donors (Lipinski definition) is 1. The smallest absolute Gasteiger partial charge is 0.161 e. The van der Waals surface area contributed by atoms with E-state index in [1.807, 2.05) is 24.3 Å². The molecule has 0 fully saturated rings. The maximum Gasteiger partial charge on any atom is 0.161 e. The van der Waals surface area contributed by atoms with Crippen molar-refractivity contribution < 1.29 is 13.9 Å². The maximum atomic E-state index is 13.0. The third-order valence-electron chi connectivity index (χ3n) is 3.44. The standard InChI is InChI=1S/C16H16FNO2/c17-12-7-5-11(6-8-12)16(18)15-9-10-19-13-3-1-2-4-14(13)20-15/h1-8,15-16H,9-10,18H2. The second-order valence-electron chi connectivity index (χ2n) is 4.82. The Labute approximate surface area is 117 Å². The number of ether oxygens (including phenoxy) is 2. The fraction of sp³-hybridized carbons (Fsp3) is 0.250. The van der Waals surface area contributed by atoms with Crippen molar-refractivity contribution in [2.45, 2.75) is 18.6 Å². The minimum atomic E-state index is -0.314. The molecule has 0 radical (unpaired) electrons. The summed E-state index contributed by atoms with van der Waals surface area (Å²) in [7, 11) is 0. The summed E-state index contributed by atoms with van der Waals surface area (Å²) < 4.78 is 24.6. The van der Waals surface area contributed by atoms with Gasteiger partial charge in [0.05, 0.1) is 12.6 Å². The van der Waals surface area contributed by atoms with Crippen LogP contribution in [0.1, 0.15) is 18.0 Å². The lowest BCUT2D eigenvalue weighted by molar-refractivity contribution is 0.162. The molecule has 1 aliphatic rings. The van der Waals surface area contributed by atoms with E-state index < -0.39 is 0 Å². The lowest BCUT2D eigenvalue weighted by Gasteiger charge is -2.23. The minimum absolute atomic E-state index is 0.191. The summed E-state index contributed by atoms with van der Waals surface area (Å²) in [6.07, 6.45) is 0.497. The second kappa shape index (κ2) is 5.51. The molecule has 0 aromatic heterocycles. The summed E-state index contributed by atoms with van der Waals surface area (Å²) in [4.78, 5) is 0. The summed E-state index contributed by atoms with van der Waals surface area (Å²) in [6.45, 7) is 0.552. The highest BCUT2D eigenvalue weighted by Crippen LogP contribution is 2.33. The van der Waals surface area contributed by atoms with E-state index in [1.54, 1.807) is 12.1 Å². The van der Waals surface area contributed by atoms with Crippen molar-refractivity contribution >= 4 is 0 Å². The number of rotatable bonds is 2. The lowest BCUT2D eigenvalue weighted by Crippen LogP contribution is -2.31. The predicted molar refractivity (Wildman–Crippen MR) is 74.3 cm³/mol. The summed E-state index contributed by atoms with van der Waals surface area (Å²) in [5.74, 6) is 1.17. The lowest BCUT2D eigenvalue weighted by atomic mass is 10.0. The molecule has 2 unspecified atom stereocenters. The Bertz CT molecular complexity index is 585. The normalized spacial score (nSPS) is 19.2. The molecule has 1 aliphatic heterocycles. The molecule has 3 nitrogen and oxygen atoms in total. The first-order chi connectivity index (χ1) is 9.74. The highest BCUT2D eigenvalue weighted by molar-refractivity contribution is 5.40. The summed E-state index contributed by atoms with van der Waals surface area (Å²) in [5, 5.41) is 0. The number of para-hydroxylation sites is 2. The van der Waals surface area contributed by atoms with Crippen LogP contribution in [0, 0.1) is 5.82 Å². The average molecular weight is 273 g/mol. The zero-order valence-electron chi connectivity index (χ0n) is 11.0. The van der Waals surface area contributed by atoms with Gasteiger partial charge in [0.2, 0.25) is 0 Å². The largest absolute Gasteiger partial charge is 0.490 e. The van der Waals surface area contributed by atoms with Crippen molar-refractivity contribution in [1.29, 1.82) is 0 Å². The minimum Gasteiger partial charge on any atom is -0.490 e. The molecule has 1 heterocycles. The molecule has 20 heavy (non-hydrogen) atoms. The fourth-order valence-corrected chi connectivity index (χ4v) is 2.33. The zero-order valence-corrected chi connectivity index (χ0v) is 11.0. The van der Waals surface area contributed by atoms with Gasteiger partial charge in [0.1, 0.15) is 11.9 Å². The van der Waals surface area contributed by atoms with Crippen LogP contribution in [0.2, 0.25) is 0 Å². The molecule has 2 aromatic rings. The van der Waals surface area contributed by atoms with E-state index in [-0.39, 0.29) is 18.0 Å². The topological polar surface area (TPSA) is 44.5 Å². The SMILES string of the molecule is NC(c1ccc(F)cc1)C1CCOc2ccccc2O1. The zero-order chi connectivity index (χ0) is 13.9. The molecular formula is C16H16FNO2. The van der Waals surface area contributed by atoms with Gasteiger partial charge < -0.3 is 15.2 Å². The number of benzene rings is 2. The Balaban J connectivity index is 1.82. The van der Waals surface area contributed by atoms with Crippen molar-refractivity contribution in [2.24, 2.45) is 5.73 Å². The number of nitrogens with two attached hydrogens (primary N) is 1. The third-order valence-corrected chi connectivity index (χ3v) is 3.44. The molecule has 0 saturated heterocycles. The van der Waals surface area contributed by atoms with E-state index in [2.05, 4.69) is 0 Å². The molecule has 0 amide bonds. The second-order valence-corrected chi connectivity index (χ2v) is 4.82. The van der Waals surface area contributed by atoms with Crippen LogP contribution in [0.15, 0.2) is 48.5 Å². The molecule has 104 valence electrons. The first-order valence-electron chi connectivity index (χ1n) is 6.63. The van der Waals surface area contributed by atoms with E-state index in [0.717, 1.165) is 11.3 Å². The maximum absolute atomic E-state index is 13.0. The number of halogens is 1. The fourth-order valence-electron chi connectivity index (χ4n) is 2.33. The van der Waals surface area contributed by atoms with Gasteiger partial charge in [-0.05, 0) is 29.8 Å². The van der Waals surface area contributed by atoms with Gasteiger partial charge in [0.25, 0.3) is 0 Å². The Morgan fingerprint density at radius 3 is 2.50 bits per heavy atom. The van der Waals surface area contributed by atoms with Crippen LogP contribution in [0.25, 0.3) is 0 Å². The molecule has 4 heteroatoms. The van der Waals surface area contributed by atoms with Crippen molar-refractivity contribution in [1.82, 2.24) is 0 Å². The van der Waals surface area contributed by atoms with Crippen molar-refractivity contribution in [2.75, 3.05) is 6.61 Å². The highest BCUT2D eigenvalue weighted by atomic mass is 19.1. The summed E-state index contributed by atoms with van der Waals surface area (Å²) in [6, 6.07) is 13.4. The number of hydrogen-bond acceptors (Lipinski definition) is 3. The Morgan fingerprint density at radius 2 is 1.75 bits per heavy atom. The van der Waals surface area contributed by atoms with Crippen molar-refractivity contribution in [3.8, 4) is 11.5 Å². The van der Waals surface area contributed by atoms with Gasteiger partial charge in [-0.2, -0.15) is 0 Å². The van der Waals surface area contributed by atoms with E-state index in [0.29, 0.717) is 18.8 Å². The first kappa shape index (κ1) is 12.9. The van der Waals surface area contributed by atoms with Gasteiger partial charge in [0.15, 0.2) is 11.5 Å². The monoisotopic (exact) mass is 273 g/mol. The van der Waals surface area contributed by atoms with Crippen LogP contribution in [0.5, 0.6) is 11.5 Å². The van der Waals surface area contributed by atoms with E-state index >= 15 is 0 Å². The van der Waals surface area contributed by atoms with E-state index in [4.69, 9.17) is 15.2 Å². The quantitative estimate of drug-likeness (QED) is 0.914. The molecule has 2 aromatic carbocycles. The van der Waals surface area contributed by atoms with Crippen molar-refractivity contribution in [3.05, 3.63) is 59.9 Å². The van der Waals surface area contributed by atoms with Gasteiger partial charge in [-0.1, -0.05) is 24.3 Å². The van der Waals surface area contributed by atoms with Gasteiger partial charge in [-0.3, -0.25) is 0 Å². The molecule has 2 atom stereocenters. The van der Waals surface area contributed by atoms with Crippen LogP contribution < -0.4 is 15.2 Å². The first-order valence-corrected chi connectivity index (χ1v) is 6.63. The molecule has 0 spiro atoms. The van der Waals surface area contributed by atoms with Crippen LogP contribution in [-0.4, -0.2) is 12.7 Å². The predicted octanol–water partition coefficient (Wildman–Crippen LogP) is 3.06.